The fourth-order valence-corrected chi connectivity index (χ4v) is 4.97. The van der Waals surface area contributed by atoms with Crippen LogP contribution in [0, 0.1) is 6.92 Å². The smallest absolute Gasteiger partial charge is 0.295 e. The minimum Gasteiger partial charge on any atom is -0.496 e. The number of anilines is 1. The van der Waals surface area contributed by atoms with Crippen LogP contribution in [-0.4, -0.2) is 75.0 Å². The lowest BCUT2D eigenvalue weighted by atomic mass is 10.0. The van der Waals surface area contributed by atoms with E-state index >= 15 is 0 Å². The lowest BCUT2D eigenvalue weighted by Crippen LogP contribution is -2.50. The van der Waals surface area contributed by atoms with E-state index in [0.717, 1.165) is 22.2 Å². The van der Waals surface area contributed by atoms with Gasteiger partial charge in [0.2, 0.25) is 0 Å². The minimum absolute atomic E-state index is 0.271. The Kier molecular flexibility index (Phi) is 5.56. The summed E-state index contributed by atoms with van der Waals surface area (Å²) >= 11 is 0. The molecule has 2 aromatic carbocycles. The Morgan fingerprint density at radius 3 is 2.59 bits per heavy atom. The molecule has 0 spiro atoms. The van der Waals surface area contributed by atoms with E-state index in [1.54, 1.807) is 30.3 Å². The zero-order valence-electron chi connectivity index (χ0n) is 20.5. The highest BCUT2D eigenvalue weighted by Gasteiger charge is 2.30. The fraction of sp³-hybridized carbons (Fsp3) is 0.222. The van der Waals surface area contributed by atoms with E-state index < -0.39 is 11.7 Å². The summed E-state index contributed by atoms with van der Waals surface area (Å²) in [5, 5.41) is 9.74. The number of ketones is 1. The number of Topliss-reactive ketones (excluding diaryl/α,β-unsaturated/α-hetero) is 1. The largest absolute Gasteiger partial charge is 0.496 e. The Labute approximate surface area is 212 Å². The predicted molar refractivity (Wildman–Crippen MR) is 140 cm³/mol. The lowest BCUT2D eigenvalue weighted by Gasteiger charge is -2.35. The number of hydrogen-bond acceptors (Lipinski definition) is 7. The summed E-state index contributed by atoms with van der Waals surface area (Å²) in [6.45, 7) is 3.83. The molecular weight excluding hydrogens is 470 g/mol. The van der Waals surface area contributed by atoms with Crippen molar-refractivity contribution >= 4 is 39.2 Å². The molecule has 10 nitrogen and oxygen atoms in total. The third-order valence-corrected chi connectivity index (χ3v) is 6.83. The zero-order chi connectivity index (χ0) is 25.5. The van der Waals surface area contributed by atoms with Crippen LogP contribution in [0.3, 0.4) is 0 Å². The van der Waals surface area contributed by atoms with Crippen molar-refractivity contribution in [3.63, 3.8) is 0 Å². The van der Waals surface area contributed by atoms with E-state index in [-0.39, 0.29) is 5.56 Å². The maximum atomic E-state index is 13.4. The van der Waals surface area contributed by atoms with Crippen molar-refractivity contribution in [2.24, 2.45) is 0 Å². The van der Waals surface area contributed by atoms with Crippen LogP contribution < -0.4 is 9.64 Å². The number of rotatable bonds is 5. The van der Waals surface area contributed by atoms with Gasteiger partial charge in [0.25, 0.3) is 11.7 Å². The fourth-order valence-electron chi connectivity index (χ4n) is 4.97. The molecular formula is C27H25N7O3. The SMILES string of the molecule is COc1ccc(-c2nc(C)n[nH]2)c2[nH]cc(C(=O)C(=O)N3CCN(c4nccc5ccccc45)CC3)c12. The van der Waals surface area contributed by atoms with Crippen LogP contribution in [0.1, 0.15) is 16.2 Å². The Bertz CT molecular complexity index is 1640. The van der Waals surface area contributed by atoms with Gasteiger partial charge in [-0.2, -0.15) is 5.10 Å². The summed E-state index contributed by atoms with van der Waals surface area (Å²) < 4.78 is 5.54. The highest BCUT2D eigenvalue weighted by molar-refractivity contribution is 6.45. The Hall–Kier alpha value is -4.73. The maximum absolute atomic E-state index is 13.4. The van der Waals surface area contributed by atoms with E-state index in [4.69, 9.17) is 4.74 Å². The van der Waals surface area contributed by atoms with Crippen LogP contribution in [-0.2, 0) is 4.79 Å². The standard InChI is InChI=1S/C27H25N7O3/c1-16-30-25(32-31-16)19-7-8-21(37-2)22-20(15-29-23(19)22)24(35)27(36)34-13-11-33(12-14-34)26-18-6-4-3-5-17(18)9-10-28-26/h3-10,15,29H,11-14H2,1-2H3,(H,30,31,32). The number of methoxy groups -OCH3 is 1. The van der Waals surface area contributed by atoms with E-state index in [1.165, 1.54) is 7.11 Å². The Morgan fingerprint density at radius 2 is 1.84 bits per heavy atom. The van der Waals surface area contributed by atoms with Crippen molar-refractivity contribution in [1.82, 2.24) is 30.0 Å². The Morgan fingerprint density at radius 1 is 1.03 bits per heavy atom. The van der Waals surface area contributed by atoms with Gasteiger partial charge in [0, 0.05) is 49.5 Å². The number of ether oxygens (including phenoxy) is 1. The monoisotopic (exact) mass is 495 g/mol. The van der Waals surface area contributed by atoms with Crippen LogP contribution in [0.15, 0.2) is 54.9 Å². The average Bonchev–Trinajstić information content (AvgIpc) is 3.58. The summed E-state index contributed by atoms with van der Waals surface area (Å²) in [7, 11) is 1.54. The summed E-state index contributed by atoms with van der Waals surface area (Å²) in [4.78, 5) is 42.7. The number of pyridine rings is 1. The number of nitrogens with one attached hydrogen (secondary N) is 2. The molecule has 0 radical (unpaired) electrons. The molecule has 0 unspecified atom stereocenters. The number of carbonyl (C=O) groups is 2. The summed E-state index contributed by atoms with van der Waals surface area (Å²) in [5.41, 5.74) is 1.66. The molecule has 10 heteroatoms. The average molecular weight is 496 g/mol. The van der Waals surface area contributed by atoms with Gasteiger partial charge < -0.3 is 19.5 Å². The number of benzene rings is 2. The molecule has 0 saturated carbocycles. The van der Waals surface area contributed by atoms with Gasteiger partial charge in [-0.3, -0.25) is 14.7 Å². The summed E-state index contributed by atoms with van der Waals surface area (Å²) in [5.74, 6) is 1.46. The van der Waals surface area contributed by atoms with Gasteiger partial charge in [0.1, 0.15) is 17.4 Å². The van der Waals surface area contributed by atoms with Crippen molar-refractivity contribution in [2.45, 2.75) is 6.92 Å². The molecule has 5 aromatic rings. The number of amides is 1. The van der Waals surface area contributed by atoms with Gasteiger partial charge in [0.05, 0.1) is 23.6 Å². The zero-order valence-corrected chi connectivity index (χ0v) is 20.5. The van der Waals surface area contributed by atoms with Gasteiger partial charge in [0.15, 0.2) is 5.82 Å². The first-order valence-corrected chi connectivity index (χ1v) is 12.0. The molecule has 1 aliphatic rings. The van der Waals surface area contributed by atoms with Crippen molar-refractivity contribution in [3.05, 3.63) is 66.2 Å². The van der Waals surface area contributed by atoms with E-state index in [1.807, 2.05) is 24.3 Å². The topological polar surface area (TPSA) is 120 Å². The van der Waals surface area contributed by atoms with Crippen molar-refractivity contribution in [3.8, 4) is 17.1 Å². The van der Waals surface area contributed by atoms with Gasteiger partial charge in [-0.25, -0.2) is 9.97 Å². The molecule has 1 fully saturated rings. The molecule has 0 bridgehead atoms. The van der Waals surface area contributed by atoms with Crippen molar-refractivity contribution < 1.29 is 14.3 Å². The van der Waals surface area contributed by atoms with Gasteiger partial charge in [-0.1, -0.05) is 24.3 Å². The van der Waals surface area contributed by atoms with E-state index in [2.05, 4.69) is 42.2 Å². The summed E-state index contributed by atoms with van der Waals surface area (Å²) in [6.07, 6.45) is 3.37. The normalized spacial score (nSPS) is 13.9. The van der Waals surface area contributed by atoms with Crippen LogP contribution in [0.2, 0.25) is 0 Å². The molecule has 2 N–H and O–H groups in total. The first kappa shape index (κ1) is 22.7. The number of aromatic amines is 2. The first-order chi connectivity index (χ1) is 18.0. The molecule has 186 valence electrons. The predicted octanol–water partition coefficient (Wildman–Crippen LogP) is 3.35. The summed E-state index contributed by atoms with van der Waals surface area (Å²) in [6, 6.07) is 13.7. The van der Waals surface area contributed by atoms with Crippen LogP contribution in [0.25, 0.3) is 33.1 Å². The molecule has 4 heterocycles. The molecule has 1 aliphatic heterocycles. The second-order valence-electron chi connectivity index (χ2n) is 8.96. The maximum Gasteiger partial charge on any atom is 0.295 e. The number of aromatic nitrogens is 5. The number of aryl methyl sites for hydroxylation is 1. The number of piperazine rings is 1. The lowest BCUT2D eigenvalue weighted by molar-refractivity contribution is -0.126. The molecule has 0 aliphatic carbocycles. The molecule has 37 heavy (non-hydrogen) atoms. The third-order valence-electron chi connectivity index (χ3n) is 6.83. The molecule has 0 atom stereocenters. The van der Waals surface area contributed by atoms with Crippen LogP contribution >= 0.6 is 0 Å². The highest BCUT2D eigenvalue weighted by atomic mass is 16.5. The molecule has 1 saturated heterocycles. The quantitative estimate of drug-likeness (QED) is 0.283. The van der Waals surface area contributed by atoms with Crippen molar-refractivity contribution in [2.75, 3.05) is 38.2 Å². The van der Waals surface area contributed by atoms with E-state index in [9.17, 15) is 9.59 Å². The second-order valence-corrected chi connectivity index (χ2v) is 8.96. The number of H-pyrrole nitrogens is 2. The highest BCUT2D eigenvalue weighted by Crippen LogP contribution is 2.35. The van der Waals surface area contributed by atoms with Gasteiger partial charge in [-0.05, 0) is 30.5 Å². The number of fused-ring (bicyclic) bond motifs is 2. The number of nitrogens with zero attached hydrogens (tertiary/aromatic N) is 5. The molecule has 6 rings (SSSR count). The molecule has 3 aromatic heterocycles. The second kappa shape index (κ2) is 9.05. The minimum atomic E-state index is -0.577. The van der Waals surface area contributed by atoms with Gasteiger partial charge >= 0.3 is 0 Å². The van der Waals surface area contributed by atoms with Gasteiger partial charge in [-0.15, -0.1) is 0 Å². The van der Waals surface area contributed by atoms with E-state index in [0.29, 0.717) is 54.5 Å². The van der Waals surface area contributed by atoms with Crippen LogP contribution in [0.4, 0.5) is 5.82 Å². The van der Waals surface area contributed by atoms with Crippen molar-refractivity contribution in [1.29, 1.82) is 0 Å². The Balaban J connectivity index is 1.25. The first-order valence-electron chi connectivity index (χ1n) is 12.0. The number of carbonyl (C=O) groups excluding carboxylic acids is 2. The number of hydrogen-bond donors (Lipinski definition) is 2. The molecule has 1 amide bonds. The van der Waals surface area contributed by atoms with Crippen LogP contribution in [0.5, 0.6) is 5.75 Å². The third kappa shape index (κ3) is 3.86.